The molecule has 0 bridgehead atoms. The smallest absolute Gasteiger partial charge is 0.367 e. The second-order valence-electron chi connectivity index (χ2n) is 5.91. The molecule has 0 unspecified atom stereocenters. The molecule has 1 aliphatic heterocycles. The monoisotopic (exact) mass is 414 g/mol. The Morgan fingerprint density at radius 2 is 2.15 bits per heavy atom. The van der Waals surface area contributed by atoms with Crippen LogP contribution >= 0.6 is 22.9 Å². The molecule has 0 radical (unpaired) electrons. The number of carbonyl (C=O) groups excluding carboxylic acids is 1. The summed E-state index contributed by atoms with van der Waals surface area (Å²) in [6.07, 6.45) is 2.13. The maximum Gasteiger partial charge on any atom is 0.367 e. The molecule has 3 rings (SSSR count). The highest BCUT2D eigenvalue weighted by Gasteiger charge is 2.33. The predicted octanol–water partition coefficient (Wildman–Crippen LogP) is 3.81. The molecule has 0 N–H and O–H groups in total. The number of carbonyl (C=O) groups is 1. The van der Waals surface area contributed by atoms with Gasteiger partial charge >= 0.3 is 5.97 Å². The molecule has 1 aromatic heterocycles. The zero-order valence-electron chi connectivity index (χ0n) is 14.5. The normalized spacial score (nSPS) is 14.7. The molecule has 140 valence electrons. The molecule has 0 fully saturated rings. The number of thiazole rings is 1. The lowest BCUT2D eigenvalue weighted by atomic mass is 10.2. The Labute approximate surface area is 161 Å². The zero-order chi connectivity index (χ0) is 18.9. The van der Waals surface area contributed by atoms with Crippen molar-refractivity contribution in [2.45, 2.75) is 38.0 Å². The predicted molar refractivity (Wildman–Crippen MR) is 102 cm³/mol. The first kappa shape index (κ1) is 19.1. The number of rotatable bonds is 4. The summed E-state index contributed by atoms with van der Waals surface area (Å²) in [7, 11) is -3.86. The molecule has 0 spiro atoms. The van der Waals surface area contributed by atoms with E-state index in [1.165, 1.54) is 10.4 Å². The number of aryl methyl sites for hydroxylation is 2. The van der Waals surface area contributed by atoms with Crippen LogP contribution in [0.25, 0.3) is 0 Å². The molecule has 0 saturated heterocycles. The van der Waals surface area contributed by atoms with Gasteiger partial charge in [0.25, 0.3) is 10.0 Å². The first-order chi connectivity index (χ1) is 12.4. The van der Waals surface area contributed by atoms with Crippen molar-refractivity contribution in [3.05, 3.63) is 39.5 Å². The Kier molecular flexibility index (Phi) is 5.55. The molecule has 1 aliphatic rings. The summed E-state index contributed by atoms with van der Waals surface area (Å²) in [4.78, 5) is 16.4. The summed E-state index contributed by atoms with van der Waals surface area (Å²) in [5.41, 5.74) is 1.31. The standard InChI is InChI=1S/C17H19ClN2O4S2/c1-3-24-17(21)15-19-12-8-4-5-10-20(16(12)25-15)26(22,23)13-9-6-7-11(2)14(13)18/h6-7,9H,3-5,8,10H2,1-2H3. The molecule has 9 heteroatoms. The maximum atomic E-state index is 13.3. The third-order valence-electron chi connectivity index (χ3n) is 4.10. The van der Waals surface area contributed by atoms with Gasteiger partial charge in [-0.15, -0.1) is 0 Å². The van der Waals surface area contributed by atoms with Gasteiger partial charge < -0.3 is 4.74 Å². The number of hydrogen-bond donors (Lipinski definition) is 0. The number of anilines is 1. The minimum absolute atomic E-state index is 0.0677. The van der Waals surface area contributed by atoms with E-state index >= 15 is 0 Å². The topological polar surface area (TPSA) is 76.6 Å². The largest absolute Gasteiger partial charge is 0.461 e. The van der Waals surface area contributed by atoms with Gasteiger partial charge in [-0.3, -0.25) is 4.31 Å². The molecule has 0 atom stereocenters. The lowest BCUT2D eigenvalue weighted by molar-refractivity contribution is 0.0525. The van der Waals surface area contributed by atoms with Gasteiger partial charge in [0.2, 0.25) is 5.01 Å². The van der Waals surface area contributed by atoms with Gasteiger partial charge in [0, 0.05) is 6.54 Å². The van der Waals surface area contributed by atoms with Gasteiger partial charge in [0.15, 0.2) is 0 Å². The van der Waals surface area contributed by atoms with Crippen molar-refractivity contribution in [2.75, 3.05) is 17.5 Å². The van der Waals surface area contributed by atoms with E-state index in [1.807, 2.05) is 0 Å². The minimum atomic E-state index is -3.86. The summed E-state index contributed by atoms with van der Waals surface area (Å²) in [5, 5.41) is 0.867. The van der Waals surface area contributed by atoms with E-state index in [1.54, 1.807) is 26.0 Å². The van der Waals surface area contributed by atoms with E-state index < -0.39 is 16.0 Å². The van der Waals surface area contributed by atoms with Crippen LogP contribution in [0.2, 0.25) is 5.02 Å². The van der Waals surface area contributed by atoms with E-state index in [2.05, 4.69) is 4.98 Å². The Morgan fingerprint density at radius 1 is 1.38 bits per heavy atom. The average molecular weight is 415 g/mol. The average Bonchev–Trinajstić information content (AvgIpc) is 2.91. The number of sulfonamides is 1. The number of ether oxygens (including phenoxy) is 1. The molecule has 0 saturated carbocycles. The second-order valence-corrected chi connectivity index (χ2v) is 9.10. The van der Waals surface area contributed by atoms with Crippen LogP contribution in [0, 0.1) is 6.92 Å². The lowest BCUT2D eigenvalue weighted by Gasteiger charge is -2.22. The summed E-state index contributed by atoms with van der Waals surface area (Å²) < 4.78 is 32.9. The Morgan fingerprint density at radius 3 is 2.88 bits per heavy atom. The summed E-state index contributed by atoms with van der Waals surface area (Å²) in [5.74, 6) is -0.531. The van der Waals surface area contributed by atoms with Crippen molar-refractivity contribution in [1.29, 1.82) is 0 Å². The summed E-state index contributed by atoms with van der Waals surface area (Å²) in [6, 6.07) is 4.94. The number of fused-ring (bicyclic) bond motifs is 1. The van der Waals surface area contributed by atoms with E-state index in [0.717, 1.165) is 17.8 Å². The number of hydrogen-bond acceptors (Lipinski definition) is 6. The van der Waals surface area contributed by atoms with Gasteiger partial charge in [-0.05, 0) is 44.7 Å². The highest BCUT2D eigenvalue weighted by Crippen LogP contribution is 2.38. The maximum absolute atomic E-state index is 13.3. The van der Waals surface area contributed by atoms with E-state index in [0.29, 0.717) is 35.6 Å². The van der Waals surface area contributed by atoms with E-state index in [-0.39, 0.29) is 21.5 Å². The highest BCUT2D eigenvalue weighted by molar-refractivity contribution is 7.93. The van der Waals surface area contributed by atoms with Crippen LogP contribution in [-0.4, -0.2) is 32.5 Å². The summed E-state index contributed by atoms with van der Waals surface area (Å²) >= 11 is 7.32. The Balaban J connectivity index is 2.08. The molecule has 6 nitrogen and oxygen atoms in total. The summed E-state index contributed by atoms with van der Waals surface area (Å²) in [6.45, 7) is 4.04. The van der Waals surface area contributed by atoms with E-state index in [4.69, 9.17) is 16.3 Å². The minimum Gasteiger partial charge on any atom is -0.461 e. The van der Waals surface area contributed by atoms with Crippen molar-refractivity contribution in [1.82, 2.24) is 4.98 Å². The zero-order valence-corrected chi connectivity index (χ0v) is 16.9. The van der Waals surface area contributed by atoms with Gasteiger partial charge in [-0.2, -0.15) is 0 Å². The molecular weight excluding hydrogens is 396 g/mol. The van der Waals surface area contributed by atoms with Gasteiger partial charge in [0.05, 0.1) is 17.3 Å². The van der Waals surface area contributed by atoms with Crippen LogP contribution in [0.4, 0.5) is 5.00 Å². The van der Waals surface area contributed by atoms with Crippen molar-refractivity contribution in [2.24, 2.45) is 0 Å². The highest BCUT2D eigenvalue weighted by atomic mass is 35.5. The first-order valence-electron chi connectivity index (χ1n) is 8.31. The van der Waals surface area contributed by atoms with Gasteiger partial charge in [-0.1, -0.05) is 35.1 Å². The van der Waals surface area contributed by atoms with Crippen LogP contribution in [-0.2, 0) is 21.2 Å². The van der Waals surface area contributed by atoms with Crippen molar-refractivity contribution >= 4 is 43.9 Å². The molecule has 0 aliphatic carbocycles. The van der Waals surface area contributed by atoms with Crippen LogP contribution in [0.5, 0.6) is 0 Å². The first-order valence-corrected chi connectivity index (χ1v) is 10.9. The number of halogens is 1. The fraction of sp³-hybridized carbons (Fsp3) is 0.412. The lowest BCUT2D eigenvalue weighted by Crippen LogP contribution is -2.31. The SMILES string of the molecule is CCOC(=O)c1nc2c(s1)N(S(=O)(=O)c1cccc(C)c1Cl)CCCC2. The second kappa shape index (κ2) is 7.54. The molecule has 1 aromatic carbocycles. The van der Waals surface area contributed by atoms with E-state index in [9.17, 15) is 13.2 Å². The Hall–Kier alpha value is -1.64. The number of esters is 1. The number of aromatic nitrogens is 1. The number of benzene rings is 1. The fourth-order valence-electron chi connectivity index (χ4n) is 2.80. The molecule has 26 heavy (non-hydrogen) atoms. The molecule has 2 heterocycles. The van der Waals surface area contributed by atoms with Crippen LogP contribution in [0.15, 0.2) is 23.1 Å². The molecule has 2 aromatic rings. The van der Waals surface area contributed by atoms with Gasteiger partial charge in [0.1, 0.15) is 9.90 Å². The van der Waals surface area contributed by atoms with Crippen LogP contribution in [0.1, 0.15) is 40.8 Å². The molecule has 0 amide bonds. The Bertz CT molecular complexity index is 940. The fourth-order valence-corrected chi connectivity index (χ4v) is 6.13. The van der Waals surface area contributed by atoms with Crippen molar-refractivity contribution < 1.29 is 17.9 Å². The van der Waals surface area contributed by atoms with Crippen LogP contribution in [0.3, 0.4) is 0 Å². The quantitative estimate of drug-likeness (QED) is 0.711. The van der Waals surface area contributed by atoms with Crippen molar-refractivity contribution in [3.63, 3.8) is 0 Å². The van der Waals surface area contributed by atoms with Gasteiger partial charge in [-0.25, -0.2) is 18.2 Å². The van der Waals surface area contributed by atoms with Crippen molar-refractivity contribution in [3.8, 4) is 0 Å². The third-order valence-corrected chi connectivity index (χ3v) is 7.77. The molecular formula is C17H19ClN2O4S2. The third kappa shape index (κ3) is 3.45. The van der Waals surface area contributed by atoms with Crippen LogP contribution < -0.4 is 4.31 Å². The number of nitrogens with zero attached hydrogens (tertiary/aromatic N) is 2.